The van der Waals surface area contributed by atoms with Crippen LogP contribution in [0.2, 0.25) is 0 Å². The van der Waals surface area contributed by atoms with E-state index in [0.717, 1.165) is 60.7 Å². The number of nitrogens with two attached hydrogens (primary N) is 1. The second-order valence-electron chi connectivity index (χ2n) is 9.72. The van der Waals surface area contributed by atoms with Gasteiger partial charge in [0.15, 0.2) is 5.82 Å². The molecule has 0 aliphatic carbocycles. The first-order chi connectivity index (χ1) is 15.9. The predicted molar refractivity (Wildman–Crippen MR) is 142 cm³/mol. The molecule has 2 aliphatic rings. The summed E-state index contributed by atoms with van der Waals surface area (Å²) in [6.45, 7) is 15.3. The van der Waals surface area contributed by atoms with Gasteiger partial charge in [0.05, 0.1) is 5.69 Å². The Bertz CT molecular complexity index is 944. The Hall–Kier alpha value is -2.09. The molecule has 0 spiro atoms. The summed E-state index contributed by atoms with van der Waals surface area (Å²) in [5.74, 6) is 1.86. The topological polar surface area (TPSA) is 70.3 Å². The molecule has 1 aromatic carbocycles. The van der Waals surface area contributed by atoms with Crippen LogP contribution in [0.4, 0.5) is 11.5 Å². The Balaban J connectivity index is 1.49. The number of nitrogen functional groups attached to an aromatic ring is 1. The highest BCUT2D eigenvalue weighted by atomic mass is 32.2. The fraction of sp³-hybridized carbons (Fsp3) is 0.538. The van der Waals surface area contributed by atoms with E-state index in [1.165, 1.54) is 25.7 Å². The van der Waals surface area contributed by atoms with E-state index in [2.05, 4.69) is 63.6 Å². The van der Waals surface area contributed by atoms with Crippen molar-refractivity contribution in [3.63, 3.8) is 0 Å². The number of benzene rings is 1. The third-order valence-corrected chi connectivity index (χ3v) is 7.75. The number of allylic oxidation sites excluding steroid dienone is 1. The molecular formula is C26H38N6S. The molecule has 4 rings (SSSR count). The first-order valence-electron chi connectivity index (χ1n) is 12.3. The highest BCUT2D eigenvalue weighted by Gasteiger charge is 2.24. The Morgan fingerprint density at radius 2 is 1.79 bits per heavy atom. The third kappa shape index (κ3) is 6.08. The molecule has 0 bridgehead atoms. The average molecular weight is 467 g/mol. The molecule has 3 heterocycles. The van der Waals surface area contributed by atoms with Crippen molar-refractivity contribution in [3.05, 3.63) is 42.1 Å². The largest absolute Gasteiger partial charge is 0.383 e. The maximum atomic E-state index is 6.43. The lowest BCUT2D eigenvalue weighted by molar-refractivity contribution is 0.149. The van der Waals surface area contributed by atoms with E-state index in [4.69, 9.17) is 10.7 Å². The molecule has 6 nitrogen and oxygen atoms in total. The maximum Gasteiger partial charge on any atom is 0.161 e. The summed E-state index contributed by atoms with van der Waals surface area (Å²) in [7, 11) is 0. The molecule has 2 aliphatic heterocycles. The van der Waals surface area contributed by atoms with E-state index < -0.39 is 0 Å². The zero-order valence-electron chi connectivity index (χ0n) is 20.3. The Kier molecular flexibility index (Phi) is 7.94. The molecule has 0 atom stereocenters. The zero-order chi connectivity index (χ0) is 23.4. The van der Waals surface area contributed by atoms with Crippen LogP contribution in [-0.2, 0) is 6.42 Å². The minimum Gasteiger partial charge on any atom is -0.383 e. The summed E-state index contributed by atoms with van der Waals surface area (Å²) in [6.07, 6.45) is 5.89. The van der Waals surface area contributed by atoms with Crippen LogP contribution in [0.25, 0.3) is 17.0 Å². The Morgan fingerprint density at radius 3 is 2.39 bits per heavy atom. The van der Waals surface area contributed by atoms with E-state index in [1.54, 1.807) is 12.1 Å². The summed E-state index contributed by atoms with van der Waals surface area (Å²) in [6, 6.07) is 8.95. The highest BCUT2D eigenvalue weighted by molar-refractivity contribution is 7.98. The van der Waals surface area contributed by atoms with Crippen LogP contribution in [0, 0.1) is 5.92 Å². The van der Waals surface area contributed by atoms with Crippen molar-refractivity contribution in [3.8, 4) is 11.4 Å². The fourth-order valence-corrected chi connectivity index (χ4v) is 5.61. The van der Waals surface area contributed by atoms with Crippen molar-refractivity contribution >= 4 is 29.2 Å². The molecule has 2 saturated heterocycles. The first-order valence-corrected chi connectivity index (χ1v) is 13.0. The van der Waals surface area contributed by atoms with E-state index in [-0.39, 0.29) is 0 Å². The van der Waals surface area contributed by atoms with Gasteiger partial charge in [-0.3, -0.25) is 0 Å². The molecule has 0 saturated carbocycles. The number of hydrogen-bond acceptors (Lipinski definition) is 7. The molecule has 0 radical (unpaired) electrons. The number of nitrogens with one attached hydrogen (secondary N) is 1. The van der Waals surface area contributed by atoms with E-state index in [1.807, 2.05) is 6.92 Å². The van der Waals surface area contributed by atoms with Crippen molar-refractivity contribution in [2.45, 2.75) is 58.9 Å². The second-order valence-corrected chi connectivity index (χ2v) is 10.6. The smallest absolute Gasteiger partial charge is 0.161 e. The van der Waals surface area contributed by atoms with E-state index in [0.29, 0.717) is 23.6 Å². The summed E-state index contributed by atoms with van der Waals surface area (Å²) in [4.78, 5) is 12.2. The molecule has 33 heavy (non-hydrogen) atoms. The second kappa shape index (κ2) is 10.9. The molecular weight excluding hydrogens is 428 g/mol. The van der Waals surface area contributed by atoms with Crippen molar-refractivity contribution in [1.82, 2.24) is 19.2 Å². The van der Waals surface area contributed by atoms with Crippen LogP contribution in [-0.4, -0.2) is 51.4 Å². The van der Waals surface area contributed by atoms with Crippen LogP contribution < -0.4 is 10.5 Å². The van der Waals surface area contributed by atoms with Gasteiger partial charge < -0.3 is 15.4 Å². The quantitative estimate of drug-likeness (QED) is 0.498. The van der Waals surface area contributed by atoms with E-state index >= 15 is 0 Å². The zero-order valence-corrected chi connectivity index (χ0v) is 21.1. The van der Waals surface area contributed by atoms with Crippen molar-refractivity contribution in [2.75, 3.05) is 36.6 Å². The van der Waals surface area contributed by atoms with Crippen LogP contribution in [0.5, 0.6) is 0 Å². The van der Waals surface area contributed by atoms with E-state index in [9.17, 15) is 0 Å². The summed E-state index contributed by atoms with van der Waals surface area (Å²) in [5.41, 5.74) is 11.4. The fourth-order valence-electron chi connectivity index (χ4n) is 4.80. The lowest BCUT2D eigenvalue weighted by Crippen LogP contribution is -2.39. The SMILES string of the molecule is C=C(C)c1c(N)nc(-c2ccc(NSN3CCCC3)cc2)nc1CC1CCN(C(C)C)CC1. The molecule has 1 aromatic heterocycles. The predicted octanol–water partition coefficient (Wildman–Crippen LogP) is 5.49. The standard InChI is InChI=1S/C26H38N6S/c1-18(2)24-23(17-20-11-15-31(16-12-20)19(3)4)28-26(29-25(24)27)21-7-9-22(10-8-21)30-33-32-13-5-6-14-32/h7-10,19-20,30H,1,5-6,11-17H2,2-4H3,(H2,27,28,29). The summed E-state index contributed by atoms with van der Waals surface area (Å²) < 4.78 is 5.81. The highest BCUT2D eigenvalue weighted by Crippen LogP contribution is 2.31. The summed E-state index contributed by atoms with van der Waals surface area (Å²) >= 11 is 1.69. The molecule has 0 unspecified atom stereocenters. The van der Waals surface area contributed by atoms with Crippen molar-refractivity contribution in [2.24, 2.45) is 5.92 Å². The van der Waals surface area contributed by atoms with Crippen LogP contribution >= 0.6 is 12.1 Å². The van der Waals surface area contributed by atoms with Gasteiger partial charge in [-0.2, -0.15) is 0 Å². The number of anilines is 2. The number of hydrogen-bond donors (Lipinski definition) is 2. The van der Waals surface area contributed by atoms with Crippen LogP contribution in [0.1, 0.15) is 57.7 Å². The first kappa shape index (κ1) is 24.0. The Labute approximate surface area is 203 Å². The molecule has 2 aromatic rings. The number of likely N-dealkylation sites (tertiary alicyclic amines) is 1. The van der Waals surface area contributed by atoms with Crippen LogP contribution in [0.15, 0.2) is 30.8 Å². The minimum atomic E-state index is 0.536. The molecule has 178 valence electrons. The monoisotopic (exact) mass is 466 g/mol. The lowest BCUT2D eigenvalue weighted by Gasteiger charge is -2.34. The molecule has 0 amide bonds. The normalized spacial score (nSPS) is 18.2. The maximum absolute atomic E-state index is 6.43. The average Bonchev–Trinajstić information content (AvgIpc) is 3.31. The molecule has 7 heteroatoms. The van der Waals surface area contributed by atoms with Gasteiger partial charge in [-0.15, -0.1) is 0 Å². The van der Waals surface area contributed by atoms with Gasteiger partial charge in [0.1, 0.15) is 5.82 Å². The van der Waals surface area contributed by atoms with Gasteiger partial charge in [-0.05, 0) is 102 Å². The summed E-state index contributed by atoms with van der Waals surface area (Å²) in [5, 5.41) is 0. The van der Waals surface area contributed by atoms with Crippen molar-refractivity contribution < 1.29 is 0 Å². The van der Waals surface area contributed by atoms with Gasteiger partial charge in [-0.25, -0.2) is 14.3 Å². The minimum absolute atomic E-state index is 0.536. The molecule has 3 N–H and O–H groups in total. The van der Waals surface area contributed by atoms with Gasteiger partial charge in [0.2, 0.25) is 0 Å². The number of rotatable bonds is 8. The Morgan fingerprint density at radius 1 is 1.12 bits per heavy atom. The molecule has 2 fully saturated rings. The number of nitrogens with zero attached hydrogens (tertiary/aromatic N) is 4. The van der Waals surface area contributed by atoms with Crippen LogP contribution in [0.3, 0.4) is 0 Å². The number of aromatic nitrogens is 2. The number of piperidine rings is 1. The van der Waals surface area contributed by atoms with Gasteiger partial charge in [0, 0.05) is 48.1 Å². The van der Waals surface area contributed by atoms with Crippen molar-refractivity contribution in [1.29, 1.82) is 0 Å². The lowest BCUT2D eigenvalue weighted by atomic mass is 9.89. The van der Waals surface area contributed by atoms with Gasteiger partial charge in [-0.1, -0.05) is 6.58 Å². The van der Waals surface area contributed by atoms with Gasteiger partial charge >= 0.3 is 0 Å². The third-order valence-electron chi connectivity index (χ3n) is 6.80. The van der Waals surface area contributed by atoms with Gasteiger partial charge in [0.25, 0.3) is 0 Å².